The van der Waals surface area contributed by atoms with Crippen LogP contribution >= 0.6 is 0 Å². The molecule has 1 unspecified atom stereocenters. The van der Waals surface area contributed by atoms with Gasteiger partial charge in [-0.3, -0.25) is 9.48 Å². The lowest BCUT2D eigenvalue weighted by Crippen LogP contribution is -2.41. The van der Waals surface area contributed by atoms with Gasteiger partial charge >= 0.3 is 0 Å². The number of hydrogen-bond donors (Lipinski definition) is 0. The SMILES string of the molecule is CCN(C(=O)c1cc(-c2c(C)cc(C)cc2C)n(C)n1)C1CCS(=O)(=O)C1. The topological polar surface area (TPSA) is 72.3 Å². The summed E-state index contributed by atoms with van der Waals surface area (Å²) in [4.78, 5) is 14.7. The van der Waals surface area contributed by atoms with Crippen LogP contribution in [0.4, 0.5) is 0 Å². The van der Waals surface area contributed by atoms with E-state index in [9.17, 15) is 13.2 Å². The van der Waals surface area contributed by atoms with Gasteiger partial charge in [0.05, 0.1) is 17.2 Å². The first kappa shape index (κ1) is 19.6. The molecule has 1 amide bonds. The van der Waals surface area contributed by atoms with Crippen molar-refractivity contribution in [1.82, 2.24) is 14.7 Å². The van der Waals surface area contributed by atoms with E-state index in [1.165, 1.54) is 5.56 Å². The number of amides is 1. The first-order valence-corrected chi connectivity index (χ1v) is 11.1. The van der Waals surface area contributed by atoms with Crippen molar-refractivity contribution in [3.63, 3.8) is 0 Å². The number of hydrogen-bond acceptors (Lipinski definition) is 4. The lowest BCUT2D eigenvalue weighted by atomic mass is 9.97. The molecule has 0 aliphatic carbocycles. The van der Waals surface area contributed by atoms with Gasteiger partial charge in [0.1, 0.15) is 0 Å². The van der Waals surface area contributed by atoms with Gasteiger partial charge < -0.3 is 4.90 Å². The maximum absolute atomic E-state index is 13.1. The van der Waals surface area contributed by atoms with E-state index < -0.39 is 9.84 Å². The van der Waals surface area contributed by atoms with Crippen LogP contribution < -0.4 is 0 Å². The zero-order valence-corrected chi connectivity index (χ0v) is 17.4. The van der Waals surface area contributed by atoms with E-state index in [1.807, 2.05) is 20.0 Å². The van der Waals surface area contributed by atoms with Crippen molar-refractivity contribution in [1.29, 1.82) is 0 Å². The van der Waals surface area contributed by atoms with Gasteiger partial charge in [0.25, 0.3) is 5.91 Å². The van der Waals surface area contributed by atoms with Gasteiger partial charge in [-0.1, -0.05) is 17.7 Å². The second-order valence-corrected chi connectivity index (χ2v) is 9.69. The fourth-order valence-corrected chi connectivity index (χ4v) is 5.86. The zero-order chi connectivity index (χ0) is 19.9. The first-order valence-electron chi connectivity index (χ1n) is 9.26. The Bertz CT molecular complexity index is 969. The Hall–Kier alpha value is -2.15. The van der Waals surface area contributed by atoms with Crippen LogP contribution in [0.2, 0.25) is 0 Å². The van der Waals surface area contributed by atoms with E-state index in [1.54, 1.807) is 9.58 Å². The number of aromatic nitrogens is 2. The molecule has 1 atom stereocenters. The third kappa shape index (κ3) is 3.78. The Labute approximate surface area is 161 Å². The molecule has 0 radical (unpaired) electrons. The quantitative estimate of drug-likeness (QED) is 0.806. The second-order valence-electron chi connectivity index (χ2n) is 7.46. The van der Waals surface area contributed by atoms with Crippen molar-refractivity contribution >= 4 is 15.7 Å². The first-order chi connectivity index (χ1) is 12.6. The van der Waals surface area contributed by atoms with Gasteiger partial charge in [-0.15, -0.1) is 0 Å². The average molecular weight is 390 g/mol. The Balaban J connectivity index is 1.95. The number of aryl methyl sites for hydroxylation is 4. The van der Waals surface area contributed by atoms with Gasteiger partial charge in [0.2, 0.25) is 0 Å². The molecule has 3 rings (SSSR count). The molecule has 1 saturated heterocycles. The summed E-state index contributed by atoms with van der Waals surface area (Å²) < 4.78 is 25.4. The van der Waals surface area contributed by atoms with Crippen LogP contribution in [-0.2, 0) is 16.9 Å². The molecule has 146 valence electrons. The van der Waals surface area contributed by atoms with Gasteiger partial charge in [0, 0.05) is 25.2 Å². The third-order valence-corrected chi connectivity index (χ3v) is 7.03. The predicted molar refractivity (Wildman–Crippen MR) is 107 cm³/mol. The van der Waals surface area contributed by atoms with Crippen molar-refractivity contribution < 1.29 is 13.2 Å². The minimum Gasteiger partial charge on any atom is -0.333 e. The van der Waals surface area contributed by atoms with Crippen molar-refractivity contribution in [3.8, 4) is 11.3 Å². The number of carbonyl (C=O) groups is 1. The summed E-state index contributed by atoms with van der Waals surface area (Å²) in [5, 5.41) is 4.44. The van der Waals surface area contributed by atoms with Crippen molar-refractivity contribution in [2.75, 3.05) is 18.1 Å². The molecule has 7 heteroatoms. The summed E-state index contributed by atoms with van der Waals surface area (Å²) in [5.74, 6) is -0.0112. The van der Waals surface area contributed by atoms with E-state index >= 15 is 0 Å². The molecular formula is C20H27N3O3S. The molecule has 6 nitrogen and oxygen atoms in total. The summed E-state index contributed by atoms with van der Waals surface area (Å²) in [6.45, 7) is 8.53. The van der Waals surface area contributed by atoms with Crippen LogP contribution in [0.25, 0.3) is 11.3 Å². The highest BCUT2D eigenvalue weighted by molar-refractivity contribution is 7.91. The largest absolute Gasteiger partial charge is 0.333 e. The summed E-state index contributed by atoms with van der Waals surface area (Å²) in [6.07, 6.45) is 0.498. The molecule has 0 saturated carbocycles. The number of rotatable bonds is 4. The highest BCUT2D eigenvalue weighted by Gasteiger charge is 2.35. The number of nitrogens with zero attached hydrogens (tertiary/aromatic N) is 3. The summed E-state index contributed by atoms with van der Waals surface area (Å²) >= 11 is 0. The standard InChI is InChI=1S/C20H27N3O3S/c1-6-23(16-7-8-27(25,26)12-16)20(24)17-11-18(22(5)21-17)19-14(3)9-13(2)10-15(19)4/h9-11,16H,6-8,12H2,1-5H3. The fraction of sp³-hybridized carbons (Fsp3) is 0.500. The molecule has 1 aliphatic rings. The van der Waals surface area contributed by atoms with Gasteiger partial charge in [-0.2, -0.15) is 5.10 Å². The highest BCUT2D eigenvalue weighted by Crippen LogP contribution is 2.29. The molecule has 2 heterocycles. The highest BCUT2D eigenvalue weighted by atomic mass is 32.2. The Kier molecular flexibility index (Phi) is 5.16. The minimum absolute atomic E-state index is 0.0441. The molecule has 1 aromatic heterocycles. The lowest BCUT2D eigenvalue weighted by Gasteiger charge is -2.25. The molecule has 0 N–H and O–H groups in total. The number of carbonyl (C=O) groups excluding carboxylic acids is 1. The third-order valence-electron chi connectivity index (χ3n) is 5.28. The van der Waals surface area contributed by atoms with Crippen LogP contribution in [0.5, 0.6) is 0 Å². The number of benzene rings is 1. The van der Waals surface area contributed by atoms with E-state index in [2.05, 4.69) is 38.0 Å². The Morgan fingerprint density at radius 2 is 1.85 bits per heavy atom. The molecule has 1 aromatic carbocycles. The maximum atomic E-state index is 13.1. The Morgan fingerprint density at radius 1 is 1.22 bits per heavy atom. The summed E-state index contributed by atoms with van der Waals surface area (Å²) in [5.41, 5.74) is 5.82. The lowest BCUT2D eigenvalue weighted by molar-refractivity contribution is 0.0701. The average Bonchev–Trinajstić information content (AvgIpc) is 3.10. The molecule has 0 bridgehead atoms. The van der Waals surface area contributed by atoms with E-state index in [0.29, 0.717) is 18.7 Å². The molecule has 0 spiro atoms. The van der Waals surface area contributed by atoms with Crippen LogP contribution in [-0.4, -0.2) is 53.1 Å². The molecule has 2 aromatic rings. The van der Waals surface area contributed by atoms with Crippen LogP contribution in [0.3, 0.4) is 0 Å². The van der Waals surface area contributed by atoms with E-state index in [0.717, 1.165) is 22.4 Å². The van der Waals surface area contributed by atoms with Crippen molar-refractivity contribution in [2.45, 2.75) is 40.2 Å². The second kappa shape index (κ2) is 7.11. The van der Waals surface area contributed by atoms with Crippen LogP contribution in [0, 0.1) is 20.8 Å². The molecule has 1 aliphatic heterocycles. The minimum atomic E-state index is -3.05. The smallest absolute Gasteiger partial charge is 0.274 e. The van der Waals surface area contributed by atoms with Crippen LogP contribution in [0.15, 0.2) is 18.2 Å². The van der Waals surface area contributed by atoms with Gasteiger partial charge in [-0.25, -0.2) is 8.42 Å². The van der Waals surface area contributed by atoms with Gasteiger partial charge in [0.15, 0.2) is 15.5 Å². The fourth-order valence-electron chi connectivity index (χ4n) is 4.13. The predicted octanol–water partition coefficient (Wildman–Crippen LogP) is 2.66. The van der Waals surface area contributed by atoms with Crippen molar-refractivity contribution in [3.05, 3.63) is 40.6 Å². The van der Waals surface area contributed by atoms with Gasteiger partial charge in [-0.05, 0) is 51.3 Å². The molecular weight excluding hydrogens is 362 g/mol. The molecule has 1 fully saturated rings. The van der Waals surface area contributed by atoms with E-state index in [4.69, 9.17) is 0 Å². The molecule has 27 heavy (non-hydrogen) atoms. The Morgan fingerprint density at radius 3 is 2.37 bits per heavy atom. The van der Waals surface area contributed by atoms with E-state index in [-0.39, 0.29) is 23.5 Å². The zero-order valence-electron chi connectivity index (χ0n) is 16.6. The summed E-state index contributed by atoms with van der Waals surface area (Å²) in [6, 6.07) is 5.80. The summed E-state index contributed by atoms with van der Waals surface area (Å²) in [7, 11) is -1.21. The maximum Gasteiger partial charge on any atom is 0.274 e. The van der Waals surface area contributed by atoms with Crippen LogP contribution in [0.1, 0.15) is 40.5 Å². The van der Waals surface area contributed by atoms with Crippen molar-refractivity contribution in [2.24, 2.45) is 7.05 Å². The monoisotopic (exact) mass is 389 g/mol. The number of sulfone groups is 1. The normalized spacial score (nSPS) is 18.6.